The second-order valence-corrected chi connectivity index (χ2v) is 6.78. The van der Waals surface area contributed by atoms with Crippen molar-refractivity contribution < 1.29 is 14.4 Å². The van der Waals surface area contributed by atoms with Crippen LogP contribution in [0.4, 0.5) is 11.4 Å². The van der Waals surface area contributed by atoms with Gasteiger partial charge in [-0.25, -0.2) is 0 Å². The number of anilines is 2. The van der Waals surface area contributed by atoms with Crippen molar-refractivity contribution in [1.29, 1.82) is 0 Å². The van der Waals surface area contributed by atoms with E-state index in [2.05, 4.69) is 5.32 Å². The van der Waals surface area contributed by atoms with Crippen molar-refractivity contribution >= 4 is 29.1 Å². The highest BCUT2D eigenvalue weighted by atomic mass is 16.2. The number of carbonyl (C=O) groups excluding carboxylic acids is 3. The molecule has 0 spiro atoms. The van der Waals surface area contributed by atoms with Gasteiger partial charge in [-0.2, -0.15) is 0 Å². The Hall–Kier alpha value is -3.15. The first-order valence-corrected chi connectivity index (χ1v) is 9.59. The fourth-order valence-corrected chi connectivity index (χ4v) is 3.37. The lowest BCUT2D eigenvalue weighted by Gasteiger charge is -2.19. The van der Waals surface area contributed by atoms with Gasteiger partial charge < -0.3 is 15.1 Å². The Kier molecular flexibility index (Phi) is 6.09. The summed E-state index contributed by atoms with van der Waals surface area (Å²) in [5, 5.41) is 2.86. The zero-order valence-electron chi connectivity index (χ0n) is 16.2. The molecule has 6 nitrogen and oxygen atoms in total. The summed E-state index contributed by atoms with van der Waals surface area (Å²) in [6, 6.07) is 16.2. The normalized spacial score (nSPS) is 16.1. The molecule has 2 aromatic rings. The van der Waals surface area contributed by atoms with Crippen molar-refractivity contribution in [3.63, 3.8) is 0 Å². The summed E-state index contributed by atoms with van der Waals surface area (Å²) in [7, 11) is 0. The molecule has 1 unspecified atom stereocenters. The monoisotopic (exact) mass is 379 g/mol. The predicted octanol–water partition coefficient (Wildman–Crippen LogP) is 3.16. The summed E-state index contributed by atoms with van der Waals surface area (Å²) in [5.41, 5.74) is 2.02. The molecule has 1 N–H and O–H groups in total. The van der Waals surface area contributed by atoms with Gasteiger partial charge in [0.1, 0.15) is 0 Å². The predicted molar refractivity (Wildman–Crippen MR) is 109 cm³/mol. The minimum absolute atomic E-state index is 0.0252. The van der Waals surface area contributed by atoms with Gasteiger partial charge in [-0.1, -0.05) is 18.2 Å². The lowest BCUT2D eigenvalue weighted by Crippen LogP contribution is -2.30. The van der Waals surface area contributed by atoms with Gasteiger partial charge in [0.05, 0.1) is 5.92 Å². The van der Waals surface area contributed by atoms with Crippen molar-refractivity contribution in [2.75, 3.05) is 29.9 Å². The number of nitrogens with zero attached hydrogens (tertiary/aromatic N) is 2. The summed E-state index contributed by atoms with van der Waals surface area (Å²) in [6.07, 6.45) is 0.194. The molecule has 1 atom stereocenters. The maximum absolute atomic E-state index is 12.6. The molecule has 0 radical (unpaired) electrons. The molecule has 1 aliphatic heterocycles. The van der Waals surface area contributed by atoms with Crippen LogP contribution in [0.25, 0.3) is 0 Å². The van der Waals surface area contributed by atoms with Crippen LogP contribution in [-0.4, -0.2) is 42.3 Å². The summed E-state index contributed by atoms with van der Waals surface area (Å²) < 4.78 is 0. The molecule has 2 aromatic carbocycles. The van der Waals surface area contributed by atoms with Crippen LogP contribution in [0.1, 0.15) is 30.6 Å². The van der Waals surface area contributed by atoms with E-state index in [1.165, 1.54) is 0 Å². The molecule has 3 amide bonds. The van der Waals surface area contributed by atoms with Gasteiger partial charge in [0.25, 0.3) is 5.91 Å². The third-order valence-corrected chi connectivity index (χ3v) is 5.01. The second-order valence-electron chi connectivity index (χ2n) is 6.78. The van der Waals surface area contributed by atoms with Crippen molar-refractivity contribution in [2.24, 2.45) is 5.92 Å². The minimum Gasteiger partial charge on any atom is -0.339 e. The van der Waals surface area contributed by atoms with Gasteiger partial charge in [0.2, 0.25) is 11.8 Å². The van der Waals surface area contributed by atoms with Crippen LogP contribution in [0.2, 0.25) is 0 Å². The lowest BCUT2D eigenvalue weighted by atomic mass is 10.1. The van der Waals surface area contributed by atoms with Crippen LogP contribution >= 0.6 is 0 Å². The van der Waals surface area contributed by atoms with Gasteiger partial charge in [0.15, 0.2) is 0 Å². The van der Waals surface area contributed by atoms with Gasteiger partial charge in [-0.05, 0) is 50.2 Å². The van der Waals surface area contributed by atoms with E-state index in [1.54, 1.807) is 34.1 Å². The van der Waals surface area contributed by atoms with Crippen molar-refractivity contribution in [1.82, 2.24) is 4.90 Å². The molecule has 3 rings (SSSR count). The Labute approximate surface area is 165 Å². The number of hydrogen-bond donors (Lipinski definition) is 1. The zero-order chi connectivity index (χ0) is 20.1. The molecule has 1 heterocycles. The largest absolute Gasteiger partial charge is 0.339 e. The van der Waals surface area contributed by atoms with Crippen molar-refractivity contribution in [3.05, 3.63) is 60.2 Å². The number of carbonyl (C=O) groups is 3. The van der Waals surface area contributed by atoms with E-state index in [4.69, 9.17) is 0 Å². The number of rotatable bonds is 6. The molecule has 28 heavy (non-hydrogen) atoms. The Morgan fingerprint density at radius 3 is 2.29 bits per heavy atom. The Bertz CT molecular complexity index is 845. The molecule has 0 aliphatic carbocycles. The molecule has 1 aliphatic rings. The third-order valence-electron chi connectivity index (χ3n) is 5.01. The number of para-hydroxylation sites is 1. The first-order chi connectivity index (χ1) is 13.5. The Balaban J connectivity index is 1.62. The quantitative estimate of drug-likeness (QED) is 0.838. The average molecular weight is 379 g/mol. The smallest absolute Gasteiger partial charge is 0.253 e. The molecule has 6 heteroatoms. The van der Waals surface area contributed by atoms with Crippen LogP contribution in [0.15, 0.2) is 54.6 Å². The SMILES string of the molecule is CCN(CC)C(=O)c1ccc(NC(=O)C2CC(=O)N(c3ccccc3)C2)cc1. The highest BCUT2D eigenvalue weighted by Crippen LogP contribution is 2.26. The lowest BCUT2D eigenvalue weighted by molar-refractivity contribution is -0.122. The summed E-state index contributed by atoms with van der Waals surface area (Å²) in [6.45, 7) is 5.56. The first-order valence-electron chi connectivity index (χ1n) is 9.59. The highest BCUT2D eigenvalue weighted by molar-refractivity contribution is 6.03. The third kappa shape index (κ3) is 4.22. The fraction of sp³-hybridized carbons (Fsp3) is 0.318. The minimum atomic E-state index is -0.398. The Morgan fingerprint density at radius 1 is 1.04 bits per heavy atom. The molecule has 0 saturated carbocycles. The average Bonchev–Trinajstić information content (AvgIpc) is 3.12. The molecule has 0 aromatic heterocycles. The molecular weight excluding hydrogens is 354 g/mol. The van der Waals surface area contributed by atoms with Crippen LogP contribution in [0.5, 0.6) is 0 Å². The highest BCUT2D eigenvalue weighted by Gasteiger charge is 2.35. The number of benzene rings is 2. The fourth-order valence-electron chi connectivity index (χ4n) is 3.37. The van der Waals surface area contributed by atoms with Gasteiger partial charge in [0, 0.05) is 43.0 Å². The van der Waals surface area contributed by atoms with Crippen LogP contribution < -0.4 is 10.2 Å². The molecule has 146 valence electrons. The van der Waals surface area contributed by atoms with Crippen molar-refractivity contribution in [2.45, 2.75) is 20.3 Å². The topological polar surface area (TPSA) is 69.7 Å². The van der Waals surface area contributed by atoms with E-state index in [0.717, 1.165) is 5.69 Å². The van der Waals surface area contributed by atoms with Gasteiger partial charge >= 0.3 is 0 Å². The van der Waals surface area contributed by atoms with E-state index < -0.39 is 5.92 Å². The van der Waals surface area contributed by atoms with E-state index in [-0.39, 0.29) is 24.1 Å². The molecule has 1 saturated heterocycles. The maximum Gasteiger partial charge on any atom is 0.253 e. The first kappa shape index (κ1) is 19.6. The Morgan fingerprint density at radius 2 is 1.68 bits per heavy atom. The number of amides is 3. The van der Waals surface area contributed by atoms with Crippen molar-refractivity contribution in [3.8, 4) is 0 Å². The number of nitrogens with one attached hydrogen (secondary N) is 1. The number of hydrogen-bond acceptors (Lipinski definition) is 3. The van der Waals surface area contributed by atoms with Crippen LogP contribution in [-0.2, 0) is 9.59 Å². The van der Waals surface area contributed by atoms with Gasteiger partial charge in [-0.15, -0.1) is 0 Å². The van der Waals surface area contributed by atoms with E-state index >= 15 is 0 Å². The van der Waals surface area contributed by atoms with Gasteiger partial charge in [-0.3, -0.25) is 14.4 Å². The zero-order valence-corrected chi connectivity index (χ0v) is 16.2. The maximum atomic E-state index is 12.6. The standard InChI is InChI=1S/C22H25N3O3/c1-3-24(4-2)22(28)16-10-12-18(13-11-16)23-21(27)17-14-20(26)25(15-17)19-8-6-5-7-9-19/h5-13,17H,3-4,14-15H2,1-2H3,(H,23,27). The molecule has 1 fully saturated rings. The summed E-state index contributed by atoms with van der Waals surface area (Å²) >= 11 is 0. The van der Waals surface area contributed by atoms with E-state index in [9.17, 15) is 14.4 Å². The summed E-state index contributed by atoms with van der Waals surface area (Å²) in [5.74, 6) is -0.659. The second kappa shape index (κ2) is 8.69. The van der Waals surface area contributed by atoms with E-state index in [0.29, 0.717) is 30.9 Å². The van der Waals surface area contributed by atoms with E-state index in [1.807, 2.05) is 44.2 Å². The molecular formula is C22H25N3O3. The van der Waals surface area contributed by atoms with Crippen LogP contribution in [0, 0.1) is 5.92 Å². The van der Waals surface area contributed by atoms with Crippen LogP contribution in [0.3, 0.4) is 0 Å². The molecule has 0 bridgehead atoms. The summed E-state index contributed by atoms with van der Waals surface area (Å²) in [4.78, 5) is 40.6.